The predicted octanol–water partition coefficient (Wildman–Crippen LogP) is 0.474. The molecule has 0 spiro atoms. The summed E-state index contributed by atoms with van der Waals surface area (Å²) in [5, 5.41) is 8.61. The summed E-state index contributed by atoms with van der Waals surface area (Å²) in [4.78, 5) is 14.4. The molecular formula is C8H10N2O2. The number of hydrogen-bond donors (Lipinski definition) is 2. The maximum Gasteiger partial charge on any atom is 0.325 e. The van der Waals surface area contributed by atoms with Crippen LogP contribution in [0.1, 0.15) is 17.3 Å². The fraction of sp³-hybridized carbons (Fsp3) is 0.250. The summed E-state index contributed by atoms with van der Waals surface area (Å²) in [6, 6.07) is 2.37. The van der Waals surface area contributed by atoms with Gasteiger partial charge in [0.05, 0.1) is 0 Å². The largest absolute Gasteiger partial charge is 0.480 e. The minimum Gasteiger partial charge on any atom is -0.480 e. The van der Waals surface area contributed by atoms with E-state index in [2.05, 4.69) is 4.98 Å². The van der Waals surface area contributed by atoms with Crippen LogP contribution in [0.5, 0.6) is 0 Å². The van der Waals surface area contributed by atoms with Gasteiger partial charge >= 0.3 is 5.97 Å². The van der Waals surface area contributed by atoms with Gasteiger partial charge in [-0.15, -0.1) is 0 Å². The SMILES string of the molecule is Cc1ncccc1[C@@H](N)C(=O)O. The molecule has 0 aliphatic heterocycles. The van der Waals surface area contributed by atoms with Gasteiger partial charge in [-0.25, -0.2) is 0 Å². The van der Waals surface area contributed by atoms with Gasteiger partial charge in [-0.1, -0.05) is 6.07 Å². The van der Waals surface area contributed by atoms with E-state index in [1.54, 1.807) is 25.3 Å². The van der Waals surface area contributed by atoms with Crippen LogP contribution in [0.15, 0.2) is 18.3 Å². The van der Waals surface area contributed by atoms with Crippen molar-refractivity contribution in [2.45, 2.75) is 13.0 Å². The van der Waals surface area contributed by atoms with E-state index in [-0.39, 0.29) is 0 Å². The monoisotopic (exact) mass is 166 g/mol. The van der Waals surface area contributed by atoms with Crippen molar-refractivity contribution in [3.63, 3.8) is 0 Å². The van der Waals surface area contributed by atoms with Crippen molar-refractivity contribution >= 4 is 5.97 Å². The Hall–Kier alpha value is -1.42. The summed E-state index contributed by atoms with van der Waals surface area (Å²) >= 11 is 0. The molecule has 0 unspecified atom stereocenters. The van der Waals surface area contributed by atoms with E-state index in [1.165, 1.54) is 0 Å². The average Bonchev–Trinajstić information content (AvgIpc) is 2.04. The number of aromatic nitrogens is 1. The van der Waals surface area contributed by atoms with Crippen LogP contribution in [-0.2, 0) is 4.79 Å². The highest BCUT2D eigenvalue weighted by atomic mass is 16.4. The van der Waals surface area contributed by atoms with E-state index in [1.807, 2.05) is 0 Å². The van der Waals surface area contributed by atoms with Gasteiger partial charge in [0.15, 0.2) is 0 Å². The molecule has 0 saturated heterocycles. The van der Waals surface area contributed by atoms with Gasteiger partial charge in [-0.05, 0) is 13.0 Å². The number of aryl methyl sites for hydroxylation is 1. The topological polar surface area (TPSA) is 76.2 Å². The minimum absolute atomic E-state index is 0.560. The zero-order valence-corrected chi connectivity index (χ0v) is 6.69. The highest BCUT2D eigenvalue weighted by Gasteiger charge is 2.15. The Morgan fingerprint density at radius 1 is 1.75 bits per heavy atom. The number of carboxylic acid groups (broad SMARTS) is 1. The molecule has 1 rings (SSSR count). The number of rotatable bonds is 2. The lowest BCUT2D eigenvalue weighted by atomic mass is 10.1. The van der Waals surface area contributed by atoms with Crippen LogP contribution < -0.4 is 5.73 Å². The molecule has 4 heteroatoms. The fourth-order valence-corrected chi connectivity index (χ4v) is 0.958. The smallest absolute Gasteiger partial charge is 0.325 e. The summed E-state index contributed by atoms with van der Waals surface area (Å²) in [6.45, 7) is 1.73. The molecule has 0 fully saturated rings. The first-order valence-corrected chi connectivity index (χ1v) is 3.53. The van der Waals surface area contributed by atoms with Crippen molar-refractivity contribution in [2.75, 3.05) is 0 Å². The zero-order chi connectivity index (χ0) is 9.14. The molecule has 12 heavy (non-hydrogen) atoms. The molecule has 1 aromatic rings. The lowest BCUT2D eigenvalue weighted by molar-refractivity contribution is -0.138. The van der Waals surface area contributed by atoms with Crippen molar-refractivity contribution in [2.24, 2.45) is 5.73 Å². The average molecular weight is 166 g/mol. The first-order chi connectivity index (χ1) is 5.63. The van der Waals surface area contributed by atoms with Crippen molar-refractivity contribution in [3.05, 3.63) is 29.6 Å². The molecule has 0 saturated carbocycles. The second-order valence-corrected chi connectivity index (χ2v) is 2.49. The highest BCUT2D eigenvalue weighted by Crippen LogP contribution is 2.12. The van der Waals surface area contributed by atoms with Gasteiger partial charge in [0.2, 0.25) is 0 Å². The molecule has 1 heterocycles. The molecule has 0 bridgehead atoms. The number of nitrogens with two attached hydrogens (primary N) is 1. The van der Waals surface area contributed by atoms with Crippen molar-refractivity contribution in [3.8, 4) is 0 Å². The maximum absolute atomic E-state index is 10.5. The Balaban J connectivity index is 3.02. The van der Waals surface area contributed by atoms with Gasteiger partial charge in [0.25, 0.3) is 0 Å². The van der Waals surface area contributed by atoms with Crippen molar-refractivity contribution < 1.29 is 9.90 Å². The van der Waals surface area contributed by atoms with Gasteiger partial charge in [0, 0.05) is 17.5 Å². The molecule has 3 N–H and O–H groups in total. The number of nitrogens with zero attached hydrogens (tertiary/aromatic N) is 1. The van der Waals surface area contributed by atoms with E-state index in [0.717, 1.165) is 0 Å². The molecule has 1 aromatic heterocycles. The van der Waals surface area contributed by atoms with Crippen LogP contribution in [0.25, 0.3) is 0 Å². The Bertz CT molecular complexity index is 299. The Morgan fingerprint density at radius 3 is 2.92 bits per heavy atom. The third-order valence-corrected chi connectivity index (χ3v) is 1.65. The molecule has 0 amide bonds. The zero-order valence-electron chi connectivity index (χ0n) is 6.69. The van der Waals surface area contributed by atoms with Crippen LogP contribution >= 0.6 is 0 Å². The Kier molecular flexibility index (Phi) is 2.40. The number of aliphatic carboxylic acids is 1. The second-order valence-electron chi connectivity index (χ2n) is 2.49. The fourth-order valence-electron chi connectivity index (χ4n) is 0.958. The third kappa shape index (κ3) is 1.60. The van der Waals surface area contributed by atoms with Crippen molar-refractivity contribution in [1.82, 2.24) is 4.98 Å². The molecule has 0 aromatic carbocycles. The molecular weight excluding hydrogens is 156 g/mol. The molecule has 0 aliphatic rings. The molecule has 64 valence electrons. The Morgan fingerprint density at radius 2 is 2.42 bits per heavy atom. The minimum atomic E-state index is -1.04. The van der Waals surface area contributed by atoms with Crippen LogP contribution in [0, 0.1) is 6.92 Å². The first kappa shape index (κ1) is 8.67. The normalized spacial score (nSPS) is 12.5. The number of carboxylic acids is 1. The standard InChI is InChI=1S/C8H10N2O2/c1-5-6(3-2-4-10-5)7(9)8(11)12/h2-4,7H,9H2,1H3,(H,11,12)/t7-/m1/s1. The van der Waals surface area contributed by atoms with E-state index in [9.17, 15) is 4.79 Å². The van der Waals surface area contributed by atoms with Crippen LogP contribution in [-0.4, -0.2) is 16.1 Å². The summed E-state index contributed by atoms with van der Waals surface area (Å²) in [5.41, 5.74) is 6.62. The summed E-state index contributed by atoms with van der Waals surface area (Å²) in [5.74, 6) is -1.04. The molecule has 4 nitrogen and oxygen atoms in total. The van der Waals surface area contributed by atoms with E-state index < -0.39 is 12.0 Å². The maximum atomic E-state index is 10.5. The van der Waals surface area contributed by atoms with Gasteiger partial charge in [-0.2, -0.15) is 0 Å². The lowest BCUT2D eigenvalue weighted by Gasteiger charge is -2.07. The first-order valence-electron chi connectivity index (χ1n) is 3.53. The summed E-state index contributed by atoms with van der Waals surface area (Å²) in [7, 11) is 0. The molecule has 0 aliphatic carbocycles. The highest BCUT2D eigenvalue weighted by molar-refractivity contribution is 5.75. The Labute approximate surface area is 70.0 Å². The van der Waals surface area contributed by atoms with E-state index in [4.69, 9.17) is 10.8 Å². The van der Waals surface area contributed by atoms with E-state index >= 15 is 0 Å². The lowest BCUT2D eigenvalue weighted by Crippen LogP contribution is -2.21. The second kappa shape index (κ2) is 3.32. The van der Waals surface area contributed by atoms with Crippen LogP contribution in [0.4, 0.5) is 0 Å². The summed E-state index contributed by atoms with van der Waals surface area (Å²) in [6.07, 6.45) is 1.60. The molecule has 1 atom stereocenters. The van der Waals surface area contributed by atoms with Gasteiger partial charge in [0.1, 0.15) is 6.04 Å². The van der Waals surface area contributed by atoms with Crippen LogP contribution in [0.2, 0.25) is 0 Å². The van der Waals surface area contributed by atoms with Crippen molar-refractivity contribution in [1.29, 1.82) is 0 Å². The predicted molar refractivity (Wildman–Crippen MR) is 43.5 cm³/mol. The van der Waals surface area contributed by atoms with Gasteiger partial charge < -0.3 is 10.8 Å². The molecule has 0 radical (unpaired) electrons. The van der Waals surface area contributed by atoms with Crippen LogP contribution in [0.3, 0.4) is 0 Å². The third-order valence-electron chi connectivity index (χ3n) is 1.65. The van der Waals surface area contributed by atoms with Gasteiger partial charge in [-0.3, -0.25) is 9.78 Å². The number of hydrogen-bond acceptors (Lipinski definition) is 3. The quantitative estimate of drug-likeness (QED) is 0.669. The number of pyridine rings is 1. The number of carbonyl (C=O) groups is 1. The van der Waals surface area contributed by atoms with E-state index in [0.29, 0.717) is 11.3 Å². The summed E-state index contributed by atoms with van der Waals surface area (Å²) < 4.78 is 0.